The van der Waals surface area contributed by atoms with Crippen LogP contribution < -0.4 is 5.32 Å². The van der Waals surface area contributed by atoms with Crippen LogP contribution in [0.4, 0.5) is 0 Å². The fourth-order valence-electron chi connectivity index (χ4n) is 2.67. The molecule has 16 heavy (non-hydrogen) atoms. The van der Waals surface area contributed by atoms with Crippen LogP contribution in [0.3, 0.4) is 0 Å². The third-order valence-corrected chi connectivity index (χ3v) is 4.17. The average Bonchev–Trinajstić information content (AvgIpc) is 3.03. The first kappa shape index (κ1) is 12.3. The zero-order valence-corrected chi connectivity index (χ0v) is 10.6. The van der Waals surface area contributed by atoms with Gasteiger partial charge in [0.15, 0.2) is 0 Å². The molecule has 1 aliphatic carbocycles. The minimum absolute atomic E-state index is 0.362. The van der Waals surface area contributed by atoms with Crippen molar-refractivity contribution in [3.05, 3.63) is 0 Å². The van der Waals surface area contributed by atoms with Crippen LogP contribution in [0.25, 0.3) is 0 Å². The summed E-state index contributed by atoms with van der Waals surface area (Å²) in [6.45, 7) is 5.16. The normalized spacial score (nSPS) is 34.5. The van der Waals surface area contributed by atoms with Crippen LogP contribution in [-0.4, -0.2) is 39.0 Å². The molecule has 0 aromatic heterocycles. The van der Waals surface area contributed by atoms with Crippen LogP contribution in [-0.2, 0) is 9.47 Å². The molecule has 1 saturated carbocycles. The summed E-state index contributed by atoms with van der Waals surface area (Å²) in [6.07, 6.45) is 6.71. The Morgan fingerprint density at radius 2 is 2.25 bits per heavy atom. The predicted molar refractivity (Wildman–Crippen MR) is 64.6 cm³/mol. The maximum absolute atomic E-state index is 5.77. The second-order valence-electron chi connectivity index (χ2n) is 5.38. The van der Waals surface area contributed by atoms with Crippen molar-refractivity contribution in [3.63, 3.8) is 0 Å². The molecular weight excluding hydrogens is 202 g/mol. The number of ether oxygens (including phenoxy) is 2. The molecule has 0 bridgehead atoms. The van der Waals surface area contributed by atoms with Gasteiger partial charge in [-0.15, -0.1) is 0 Å². The van der Waals surface area contributed by atoms with E-state index in [4.69, 9.17) is 9.47 Å². The molecule has 1 heterocycles. The second-order valence-corrected chi connectivity index (χ2v) is 5.38. The van der Waals surface area contributed by atoms with Crippen molar-refractivity contribution in [1.82, 2.24) is 5.32 Å². The Hall–Kier alpha value is -0.120. The monoisotopic (exact) mass is 227 g/mol. The van der Waals surface area contributed by atoms with Crippen LogP contribution in [0.1, 0.15) is 39.0 Å². The molecule has 0 aromatic carbocycles. The van der Waals surface area contributed by atoms with Gasteiger partial charge < -0.3 is 14.8 Å². The number of methoxy groups -OCH3 is 1. The molecule has 0 amide bonds. The molecular formula is C13H25NO2. The smallest absolute Gasteiger partial charge is 0.0616 e. The molecule has 0 spiro atoms. The minimum Gasteiger partial charge on any atom is -0.385 e. The first-order chi connectivity index (χ1) is 7.77. The second kappa shape index (κ2) is 5.48. The van der Waals surface area contributed by atoms with Gasteiger partial charge in [0.2, 0.25) is 0 Å². The highest BCUT2D eigenvalue weighted by Gasteiger charge is 2.41. The van der Waals surface area contributed by atoms with E-state index in [2.05, 4.69) is 12.2 Å². The Morgan fingerprint density at radius 1 is 1.44 bits per heavy atom. The van der Waals surface area contributed by atoms with Crippen LogP contribution in [0.2, 0.25) is 0 Å². The zero-order chi connectivity index (χ0) is 11.4. The number of hydrogen-bond acceptors (Lipinski definition) is 3. The van der Waals surface area contributed by atoms with Gasteiger partial charge in [-0.1, -0.05) is 0 Å². The van der Waals surface area contributed by atoms with Crippen LogP contribution in [0.15, 0.2) is 0 Å². The lowest BCUT2D eigenvalue weighted by Crippen LogP contribution is -2.40. The fraction of sp³-hybridized carbons (Fsp3) is 1.00. The Kier molecular flexibility index (Phi) is 4.22. The summed E-state index contributed by atoms with van der Waals surface area (Å²) >= 11 is 0. The Bertz CT molecular complexity index is 218. The van der Waals surface area contributed by atoms with Gasteiger partial charge in [0.05, 0.1) is 6.10 Å². The molecule has 1 saturated heterocycles. The van der Waals surface area contributed by atoms with Gasteiger partial charge in [0.1, 0.15) is 0 Å². The lowest BCUT2D eigenvalue weighted by atomic mass is 9.77. The van der Waals surface area contributed by atoms with E-state index in [-0.39, 0.29) is 0 Å². The third kappa shape index (κ3) is 2.96. The summed E-state index contributed by atoms with van der Waals surface area (Å²) in [7, 11) is 1.78. The molecule has 2 atom stereocenters. The maximum atomic E-state index is 5.77. The summed E-state index contributed by atoms with van der Waals surface area (Å²) in [5, 5.41) is 3.68. The molecule has 1 aliphatic heterocycles. The SMILES string of the molecule is COCCCC1(CNC2CC2)CCOC1C. The summed E-state index contributed by atoms with van der Waals surface area (Å²) < 4.78 is 10.9. The first-order valence-electron chi connectivity index (χ1n) is 6.61. The largest absolute Gasteiger partial charge is 0.385 e. The van der Waals surface area contributed by atoms with Crippen molar-refractivity contribution < 1.29 is 9.47 Å². The van der Waals surface area contributed by atoms with E-state index >= 15 is 0 Å². The van der Waals surface area contributed by atoms with Crippen molar-refractivity contribution in [2.24, 2.45) is 5.41 Å². The van der Waals surface area contributed by atoms with E-state index < -0.39 is 0 Å². The van der Waals surface area contributed by atoms with E-state index in [1.807, 2.05) is 0 Å². The van der Waals surface area contributed by atoms with E-state index in [0.717, 1.165) is 32.2 Å². The van der Waals surface area contributed by atoms with Gasteiger partial charge in [-0.05, 0) is 39.0 Å². The number of hydrogen-bond donors (Lipinski definition) is 1. The minimum atomic E-state index is 0.362. The van der Waals surface area contributed by atoms with Gasteiger partial charge in [0.25, 0.3) is 0 Å². The van der Waals surface area contributed by atoms with Crippen LogP contribution in [0, 0.1) is 5.41 Å². The molecule has 0 radical (unpaired) electrons. The van der Waals surface area contributed by atoms with Crippen molar-refractivity contribution in [2.75, 3.05) is 26.9 Å². The molecule has 1 N–H and O–H groups in total. The van der Waals surface area contributed by atoms with Gasteiger partial charge in [0, 0.05) is 38.3 Å². The van der Waals surface area contributed by atoms with Gasteiger partial charge in [-0.2, -0.15) is 0 Å². The van der Waals surface area contributed by atoms with Crippen molar-refractivity contribution >= 4 is 0 Å². The maximum Gasteiger partial charge on any atom is 0.0616 e. The summed E-state index contributed by atoms with van der Waals surface area (Å²) in [5.74, 6) is 0. The number of rotatable bonds is 7. The van der Waals surface area contributed by atoms with Crippen molar-refractivity contribution in [1.29, 1.82) is 0 Å². The van der Waals surface area contributed by atoms with E-state index in [1.165, 1.54) is 25.7 Å². The average molecular weight is 227 g/mol. The van der Waals surface area contributed by atoms with E-state index in [0.29, 0.717) is 11.5 Å². The molecule has 3 heteroatoms. The quantitative estimate of drug-likeness (QED) is 0.674. The molecule has 3 nitrogen and oxygen atoms in total. The van der Waals surface area contributed by atoms with Gasteiger partial charge >= 0.3 is 0 Å². The molecule has 2 unspecified atom stereocenters. The molecule has 0 aromatic rings. The standard InChI is InChI=1S/C13H25NO2/c1-11-13(7-9-16-11,6-3-8-15-2)10-14-12-4-5-12/h11-12,14H,3-10H2,1-2H3. The summed E-state index contributed by atoms with van der Waals surface area (Å²) in [5.41, 5.74) is 0.362. The van der Waals surface area contributed by atoms with Gasteiger partial charge in [-0.25, -0.2) is 0 Å². The summed E-state index contributed by atoms with van der Waals surface area (Å²) in [4.78, 5) is 0. The third-order valence-electron chi connectivity index (χ3n) is 4.17. The van der Waals surface area contributed by atoms with E-state index in [1.54, 1.807) is 7.11 Å². The first-order valence-corrected chi connectivity index (χ1v) is 6.61. The highest BCUT2D eigenvalue weighted by molar-refractivity contribution is 4.94. The highest BCUT2D eigenvalue weighted by atomic mass is 16.5. The highest BCUT2D eigenvalue weighted by Crippen LogP contribution is 2.39. The number of nitrogens with one attached hydrogen (secondary N) is 1. The fourth-order valence-corrected chi connectivity index (χ4v) is 2.67. The summed E-state index contributed by atoms with van der Waals surface area (Å²) in [6, 6.07) is 0.798. The molecule has 2 rings (SSSR count). The Labute approximate surface area is 98.9 Å². The lowest BCUT2D eigenvalue weighted by molar-refractivity contribution is 0.0524. The molecule has 2 aliphatic rings. The lowest BCUT2D eigenvalue weighted by Gasteiger charge is -2.32. The van der Waals surface area contributed by atoms with E-state index in [9.17, 15) is 0 Å². The van der Waals surface area contributed by atoms with Crippen LogP contribution in [0.5, 0.6) is 0 Å². The predicted octanol–water partition coefficient (Wildman–Crippen LogP) is 1.96. The topological polar surface area (TPSA) is 30.5 Å². The Morgan fingerprint density at radius 3 is 2.81 bits per heavy atom. The van der Waals surface area contributed by atoms with Gasteiger partial charge in [-0.3, -0.25) is 0 Å². The Balaban J connectivity index is 1.83. The zero-order valence-electron chi connectivity index (χ0n) is 10.6. The van der Waals surface area contributed by atoms with Crippen molar-refractivity contribution in [3.8, 4) is 0 Å². The molecule has 2 fully saturated rings. The van der Waals surface area contributed by atoms with Crippen LogP contribution >= 0.6 is 0 Å². The molecule has 94 valence electrons. The van der Waals surface area contributed by atoms with Crippen molar-refractivity contribution in [2.45, 2.75) is 51.2 Å².